The largest absolute Gasteiger partial charge is 0.508 e. The van der Waals surface area contributed by atoms with Gasteiger partial charge < -0.3 is 31.0 Å². The molecule has 7 N–H and O–H groups in total. The van der Waals surface area contributed by atoms with Crippen molar-refractivity contribution >= 4 is 23.2 Å². The van der Waals surface area contributed by atoms with Crippen LogP contribution in [-0.2, 0) is 32.2 Å². The molecule has 0 aromatic heterocycles. The third kappa shape index (κ3) is 3.16. The number of hydroxylamine groups is 1. The molecule has 0 saturated heterocycles. The van der Waals surface area contributed by atoms with Gasteiger partial charge in [-0.05, 0) is 38.4 Å². The number of ketones is 2. The van der Waals surface area contributed by atoms with Gasteiger partial charge in [0.15, 0.2) is 11.4 Å². The van der Waals surface area contributed by atoms with Crippen molar-refractivity contribution in [3.8, 4) is 5.75 Å². The number of hydrogen-bond donors (Lipinski definition) is 6. The number of carbonyl (C=O) groups excluding carboxylic acids is 3. The summed E-state index contributed by atoms with van der Waals surface area (Å²) in [6.07, 6.45) is 0.305. The summed E-state index contributed by atoms with van der Waals surface area (Å²) in [5.41, 5.74) is 5.28. The lowest BCUT2D eigenvalue weighted by atomic mass is 9.57. The second-order valence-corrected chi connectivity index (χ2v) is 9.09. The minimum absolute atomic E-state index is 0.0479. The van der Waals surface area contributed by atoms with Gasteiger partial charge in [0.1, 0.15) is 22.8 Å². The third-order valence-electron chi connectivity index (χ3n) is 7.08. The van der Waals surface area contributed by atoms with Crippen molar-refractivity contribution in [2.24, 2.45) is 17.6 Å². The van der Waals surface area contributed by atoms with E-state index in [-0.39, 0.29) is 36.3 Å². The first-order chi connectivity index (χ1) is 16.0. The van der Waals surface area contributed by atoms with Crippen LogP contribution in [0.2, 0.25) is 0 Å². The van der Waals surface area contributed by atoms with E-state index in [1.165, 1.54) is 12.0 Å². The van der Waals surface area contributed by atoms with E-state index in [1.807, 2.05) is 0 Å². The van der Waals surface area contributed by atoms with Crippen LogP contribution in [0.15, 0.2) is 29.0 Å². The van der Waals surface area contributed by atoms with E-state index in [0.717, 1.165) is 0 Å². The Balaban J connectivity index is 1.92. The summed E-state index contributed by atoms with van der Waals surface area (Å²) in [4.78, 5) is 45.0. The molecule has 4 rings (SSSR count). The molecule has 11 nitrogen and oxygen atoms in total. The van der Waals surface area contributed by atoms with Crippen LogP contribution in [0.1, 0.15) is 23.1 Å². The molecule has 1 aromatic carbocycles. The zero-order valence-electron chi connectivity index (χ0n) is 19.0. The molecule has 0 bridgehead atoms. The number of amides is 1. The number of carbonyl (C=O) groups is 3. The zero-order chi connectivity index (χ0) is 25.1. The summed E-state index contributed by atoms with van der Waals surface area (Å²) in [7, 11) is 4.52. The molecule has 1 amide bonds. The highest BCUT2D eigenvalue weighted by molar-refractivity contribution is 6.24. The van der Waals surface area contributed by atoms with E-state index < -0.39 is 58.0 Å². The normalized spacial score (nSPS) is 28.7. The van der Waals surface area contributed by atoms with Crippen LogP contribution in [0, 0.1) is 11.8 Å². The van der Waals surface area contributed by atoms with Gasteiger partial charge in [0, 0.05) is 23.6 Å². The van der Waals surface area contributed by atoms with E-state index in [0.29, 0.717) is 11.1 Å². The van der Waals surface area contributed by atoms with Crippen molar-refractivity contribution in [1.29, 1.82) is 0 Å². The molecule has 11 heteroatoms. The standard InChI is InChI=1S/C23H27N3O8/c1-26(2)16-12-7-11-6-9-4-5-10(8-25-34-3)17(27)13(9)18(28)14(11)20(30)23(12,33)21(31)15(19(16)29)22(24)32/h4-5,11-12,16,25,27-28,31,33H,6-8H2,1-3H3,(H2,24,32)/t11-,12-,16-,23-/m0/s1. The number of Topliss-reactive ketones (excluding diaryl/α,β-unsaturated/α-hetero) is 2. The molecule has 3 aliphatic carbocycles. The first kappa shape index (κ1) is 23.9. The van der Waals surface area contributed by atoms with Crippen LogP contribution in [0.3, 0.4) is 0 Å². The Hall–Kier alpha value is -3.25. The maximum atomic E-state index is 13.7. The van der Waals surface area contributed by atoms with E-state index in [1.54, 1.807) is 26.2 Å². The molecule has 0 radical (unpaired) electrons. The van der Waals surface area contributed by atoms with Crippen LogP contribution < -0.4 is 11.2 Å². The summed E-state index contributed by atoms with van der Waals surface area (Å²) >= 11 is 0. The van der Waals surface area contributed by atoms with E-state index in [9.17, 15) is 34.8 Å². The summed E-state index contributed by atoms with van der Waals surface area (Å²) < 4.78 is 0. The molecule has 0 heterocycles. The van der Waals surface area contributed by atoms with Crippen LogP contribution in [-0.4, -0.2) is 75.6 Å². The fourth-order valence-electron chi connectivity index (χ4n) is 5.55. The second-order valence-electron chi connectivity index (χ2n) is 9.09. The van der Waals surface area contributed by atoms with Gasteiger partial charge in [0.2, 0.25) is 5.78 Å². The number of nitrogens with two attached hydrogens (primary N) is 1. The van der Waals surface area contributed by atoms with Crippen molar-refractivity contribution in [1.82, 2.24) is 10.4 Å². The fourth-order valence-corrected chi connectivity index (χ4v) is 5.55. The number of nitrogens with zero attached hydrogens (tertiary/aromatic N) is 1. The minimum atomic E-state index is -2.64. The lowest BCUT2D eigenvalue weighted by Crippen LogP contribution is -2.65. The number of hydrogen-bond acceptors (Lipinski definition) is 10. The van der Waals surface area contributed by atoms with Crippen molar-refractivity contribution in [3.63, 3.8) is 0 Å². The van der Waals surface area contributed by atoms with Crippen molar-refractivity contribution in [2.45, 2.75) is 31.0 Å². The van der Waals surface area contributed by atoms with Crippen molar-refractivity contribution < 1.29 is 39.6 Å². The second kappa shape index (κ2) is 8.20. The molecular weight excluding hydrogens is 446 g/mol. The molecule has 3 aliphatic rings. The number of primary amides is 1. The van der Waals surface area contributed by atoms with Gasteiger partial charge in [-0.25, -0.2) is 0 Å². The lowest BCUT2D eigenvalue weighted by Gasteiger charge is -2.50. The number of likely N-dealkylation sites (N-methyl/N-ethyl adjacent to an activating group) is 1. The molecule has 0 spiro atoms. The van der Waals surface area contributed by atoms with Crippen LogP contribution in [0.4, 0.5) is 0 Å². The average Bonchev–Trinajstić information content (AvgIpc) is 2.75. The number of fused-ring (bicyclic) bond motifs is 3. The summed E-state index contributed by atoms with van der Waals surface area (Å²) in [6.45, 7) is 0.125. The van der Waals surface area contributed by atoms with Gasteiger partial charge in [0.05, 0.1) is 18.7 Å². The number of nitrogens with one attached hydrogen (secondary N) is 1. The molecular formula is C23H27N3O8. The first-order valence-corrected chi connectivity index (χ1v) is 10.7. The summed E-state index contributed by atoms with van der Waals surface area (Å²) in [6, 6.07) is 2.28. The number of phenols is 1. The molecule has 0 aliphatic heterocycles. The van der Waals surface area contributed by atoms with Crippen LogP contribution >= 0.6 is 0 Å². The Morgan fingerprint density at radius 1 is 1.26 bits per heavy atom. The number of benzene rings is 1. The predicted octanol–water partition coefficient (Wildman–Crippen LogP) is -0.385. The van der Waals surface area contributed by atoms with Gasteiger partial charge in [-0.2, -0.15) is 5.48 Å². The molecule has 1 fully saturated rings. The Kier molecular flexibility index (Phi) is 5.76. The quantitative estimate of drug-likeness (QED) is 0.243. The van der Waals surface area contributed by atoms with Gasteiger partial charge >= 0.3 is 0 Å². The Morgan fingerprint density at radius 2 is 1.94 bits per heavy atom. The molecule has 0 unspecified atom stereocenters. The number of aromatic hydroxyl groups is 1. The average molecular weight is 473 g/mol. The van der Waals surface area contributed by atoms with Crippen molar-refractivity contribution in [2.75, 3.05) is 21.2 Å². The van der Waals surface area contributed by atoms with Gasteiger partial charge in [-0.15, -0.1) is 0 Å². The highest BCUT2D eigenvalue weighted by atomic mass is 16.6. The third-order valence-corrected chi connectivity index (χ3v) is 7.08. The SMILES string of the molecule is CONCc1ccc2c(c1O)C(O)=C1C(=O)[C@]3(O)C(O)=C(C(N)=O)C(=O)[C@@H](N(C)C)[C@@H]3C[C@@H]1C2. The van der Waals surface area contributed by atoms with E-state index in [2.05, 4.69) is 5.48 Å². The fraction of sp³-hybridized carbons (Fsp3) is 0.435. The van der Waals surface area contributed by atoms with Crippen LogP contribution in [0.5, 0.6) is 5.75 Å². The van der Waals surface area contributed by atoms with Crippen molar-refractivity contribution in [3.05, 3.63) is 45.7 Å². The first-order valence-electron chi connectivity index (χ1n) is 10.7. The zero-order valence-corrected chi connectivity index (χ0v) is 19.0. The maximum Gasteiger partial charge on any atom is 0.255 e. The molecule has 34 heavy (non-hydrogen) atoms. The number of phenolic OH excluding ortho intramolecular Hbond substituents is 1. The minimum Gasteiger partial charge on any atom is -0.508 e. The van der Waals surface area contributed by atoms with Gasteiger partial charge in [0.25, 0.3) is 5.91 Å². The van der Waals surface area contributed by atoms with E-state index >= 15 is 0 Å². The Morgan fingerprint density at radius 3 is 2.53 bits per heavy atom. The highest BCUT2D eigenvalue weighted by Gasteiger charge is 2.64. The molecule has 4 atom stereocenters. The van der Waals surface area contributed by atoms with Gasteiger partial charge in [-0.1, -0.05) is 12.1 Å². The predicted molar refractivity (Wildman–Crippen MR) is 118 cm³/mol. The number of rotatable bonds is 5. The smallest absolute Gasteiger partial charge is 0.255 e. The van der Waals surface area contributed by atoms with Crippen LogP contribution in [0.25, 0.3) is 5.76 Å². The Bertz CT molecular complexity index is 1170. The number of aliphatic hydroxyl groups is 3. The topological polar surface area (TPSA) is 183 Å². The molecule has 1 aromatic rings. The highest BCUT2D eigenvalue weighted by Crippen LogP contribution is 2.52. The molecule has 182 valence electrons. The van der Waals surface area contributed by atoms with Gasteiger partial charge in [-0.3, -0.25) is 19.3 Å². The summed E-state index contributed by atoms with van der Waals surface area (Å²) in [5, 5.41) is 44.3. The van der Waals surface area contributed by atoms with E-state index in [4.69, 9.17) is 10.6 Å². The lowest BCUT2D eigenvalue weighted by molar-refractivity contribution is -0.153. The Labute approximate surface area is 195 Å². The maximum absolute atomic E-state index is 13.7. The number of aliphatic hydroxyl groups excluding tert-OH is 2. The molecule has 1 saturated carbocycles. The summed E-state index contributed by atoms with van der Waals surface area (Å²) in [5.74, 6) is -6.65. The monoisotopic (exact) mass is 473 g/mol.